The van der Waals surface area contributed by atoms with Gasteiger partial charge in [-0.1, -0.05) is 13.8 Å². The fourth-order valence-corrected chi connectivity index (χ4v) is 5.40. The highest BCUT2D eigenvalue weighted by atomic mass is 16.4. The molecule has 162 valence electrons. The van der Waals surface area contributed by atoms with E-state index in [2.05, 4.69) is 18.7 Å². The van der Waals surface area contributed by atoms with Gasteiger partial charge in [-0.3, -0.25) is 4.79 Å². The lowest BCUT2D eigenvalue weighted by atomic mass is 9.76. The number of carboxylic acid groups (broad SMARTS) is 1. The van der Waals surface area contributed by atoms with Gasteiger partial charge in [-0.05, 0) is 55.2 Å². The third kappa shape index (κ3) is 3.40. The Morgan fingerprint density at radius 1 is 1.20 bits per heavy atom. The normalized spacial score (nSPS) is 25.5. The van der Waals surface area contributed by atoms with Gasteiger partial charge in [0.05, 0.1) is 18.2 Å². The number of hydrogen-bond acceptors (Lipinski definition) is 5. The zero-order valence-corrected chi connectivity index (χ0v) is 17.7. The van der Waals surface area contributed by atoms with Crippen LogP contribution in [-0.4, -0.2) is 51.7 Å². The molecule has 2 fully saturated rings. The molecule has 1 saturated heterocycles. The molecule has 3 atom stereocenters. The Balaban J connectivity index is 1.79. The Hall–Kier alpha value is -2.38. The molecule has 1 aliphatic carbocycles. The van der Waals surface area contributed by atoms with Gasteiger partial charge in [0.25, 0.3) is 0 Å². The van der Waals surface area contributed by atoms with Gasteiger partial charge >= 0.3 is 5.97 Å². The number of carbonyl (C=O) groups is 1. The zero-order valence-electron chi connectivity index (χ0n) is 17.7. The molecule has 3 N–H and O–H groups in total. The molecule has 4 rings (SSSR count). The molecular weight excluding hydrogens is 384 g/mol. The number of aliphatic hydroxyl groups excluding tert-OH is 2. The van der Waals surface area contributed by atoms with Crippen LogP contribution in [0.15, 0.2) is 23.1 Å². The first-order valence-corrected chi connectivity index (χ1v) is 10.7. The van der Waals surface area contributed by atoms with Gasteiger partial charge in [0, 0.05) is 36.4 Å². The van der Waals surface area contributed by atoms with Crippen molar-refractivity contribution in [2.24, 2.45) is 17.8 Å². The van der Waals surface area contributed by atoms with Crippen LogP contribution in [0.2, 0.25) is 0 Å². The number of pyridine rings is 1. The molecule has 1 aliphatic heterocycles. The van der Waals surface area contributed by atoms with Gasteiger partial charge in [0.2, 0.25) is 5.43 Å². The van der Waals surface area contributed by atoms with Crippen molar-refractivity contribution >= 4 is 22.6 Å². The number of hydrogen-bond donors (Lipinski definition) is 3. The van der Waals surface area contributed by atoms with E-state index in [1.54, 1.807) is 6.07 Å². The van der Waals surface area contributed by atoms with Crippen LogP contribution in [0.25, 0.3) is 10.9 Å². The number of benzene rings is 1. The second-order valence-corrected chi connectivity index (χ2v) is 9.11. The molecular formula is C23H30N2O5. The molecule has 0 radical (unpaired) electrons. The van der Waals surface area contributed by atoms with Crippen LogP contribution in [0.5, 0.6) is 0 Å². The third-order valence-corrected chi connectivity index (χ3v) is 6.89. The maximum Gasteiger partial charge on any atom is 0.341 e. The van der Waals surface area contributed by atoms with Crippen molar-refractivity contribution in [1.29, 1.82) is 0 Å². The van der Waals surface area contributed by atoms with E-state index in [1.807, 2.05) is 17.6 Å². The Kier molecular flexibility index (Phi) is 5.36. The van der Waals surface area contributed by atoms with Crippen molar-refractivity contribution in [3.05, 3.63) is 39.7 Å². The summed E-state index contributed by atoms with van der Waals surface area (Å²) >= 11 is 0. The molecule has 0 amide bonds. The Morgan fingerprint density at radius 2 is 1.83 bits per heavy atom. The van der Waals surface area contributed by atoms with E-state index in [4.69, 9.17) is 0 Å². The molecule has 3 unspecified atom stereocenters. The van der Waals surface area contributed by atoms with Crippen molar-refractivity contribution in [1.82, 2.24) is 4.57 Å². The molecule has 1 aromatic heterocycles. The average molecular weight is 415 g/mol. The molecule has 1 saturated carbocycles. The first-order valence-electron chi connectivity index (χ1n) is 10.7. The van der Waals surface area contributed by atoms with Crippen molar-refractivity contribution in [3.8, 4) is 0 Å². The van der Waals surface area contributed by atoms with E-state index in [0.29, 0.717) is 5.39 Å². The number of rotatable bonds is 5. The minimum absolute atomic E-state index is 0.0368. The van der Waals surface area contributed by atoms with Crippen LogP contribution in [0, 0.1) is 24.7 Å². The maximum atomic E-state index is 12.8. The van der Waals surface area contributed by atoms with E-state index in [9.17, 15) is 24.9 Å². The summed E-state index contributed by atoms with van der Waals surface area (Å²) in [5, 5.41) is 29.6. The fourth-order valence-electron chi connectivity index (χ4n) is 5.40. The number of aromatic carboxylic acids is 1. The lowest BCUT2D eigenvalue weighted by Crippen LogP contribution is -2.49. The third-order valence-electron chi connectivity index (χ3n) is 6.89. The van der Waals surface area contributed by atoms with Crippen molar-refractivity contribution in [2.45, 2.75) is 45.8 Å². The van der Waals surface area contributed by atoms with E-state index >= 15 is 0 Å². The number of aromatic nitrogens is 1. The minimum Gasteiger partial charge on any atom is -0.477 e. The van der Waals surface area contributed by atoms with E-state index in [-0.39, 0.29) is 36.0 Å². The molecule has 7 heteroatoms. The van der Waals surface area contributed by atoms with Crippen molar-refractivity contribution in [3.63, 3.8) is 0 Å². The van der Waals surface area contributed by atoms with E-state index in [0.717, 1.165) is 42.7 Å². The fraction of sp³-hybridized carbons (Fsp3) is 0.565. The molecule has 1 aromatic carbocycles. The smallest absolute Gasteiger partial charge is 0.341 e. The predicted molar refractivity (Wildman–Crippen MR) is 115 cm³/mol. The van der Waals surface area contributed by atoms with Crippen molar-refractivity contribution in [2.75, 3.05) is 24.6 Å². The van der Waals surface area contributed by atoms with Gasteiger partial charge in [-0.25, -0.2) is 4.79 Å². The summed E-state index contributed by atoms with van der Waals surface area (Å²) in [6.45, 7) is 7.47. The van der Waals surface area contributed by atoms with E-state index in [1.165, 1.54) is 6.20 Å². The molecule has 2 aromatic rings. The zero-order chi connectivity index (χ0) is 21.7. The highest BCUT2D eigenvalue weighted by Gasteiger charge is 2.37. The van der Waals surface area contributed by atoms with Crippen LogP contribution >= 0.6 is 0 Å². The Bertz CT molecular complexity index is 1030. The van der Waals surface area contributed by atoms with Gasteiger partial charge in [-0.2, -0.15) is 0 Å². The lowest BCUT2D eigenvalue weighted by Gasteiger charge is -2.44. The second-order valence-electron chi connectivity index (χ2n) is 9.11. The highest BCUT2D eigenvalue weighted by Crippen LogP contribution is 2.40. The highest BCUT2D eigenvalue weighted by molar-refractivity contribution is 5.95. The van der Waals surface area contributed by atoms with Crippen LogP contribution in [-0.2, 0) is 0 Å². The molecule has 30 heavy (non-hydrogen) atoms. The van der Waals surface area contributed by atoms with Crippen LogP contribution in [0.4, 0.5) is 5.69 Å². The minimum atomic E-state index is -1.19. The van der Waals surface area contributed by atoms with Crippen LogP contribution in [0.3, 0.4) is 0 Å². The van der Waals surface area contributed by atoms with Gasteiger partial charge < -0.3 is 24.8 Å². The Labute approximate surface area is 175 Å². The number of aryl methyl sites for hydroxylation is 1. The number of aliphatic hydroxyl groups is 2. The Morgan fingerprint density at radius 3 is 2.37 bits per heavy atom. The molecule has 2 aliphatic rings. The summed E-state index contributed by atoms with van der Waals surface area (Å²) < 4.78 is 1.98. The summed E-state index contributed by atoms with van der Waals surface area (Å²) in [5.74, 6) is -0.753. The SMILES string of the molecule is Cc1c(N2CC(C)C(C(O)CO)C(C)C2)ccc2c(=O)c(C(=O)O)cn(C3CC3)c12. The summed E-state index contributed by atoms with van der Waals surface area (Å²) in [5.41, 5.74) is 2.23. The first kappa shape index (κ1) is 20.9. The van der Waals surface area contributed by atoms with Gasteiger partial charge in [-0.15, -0.1) is 0 Å². The number of fused-ring (bicyclic) bond motifs is 1. The first-order chi connectivity index (χ1) is 14.2. The maximum absolute atomic E-state index is 12.8. The standard InChI is InChI=1S/C23H30N2O5/c1-12-8-24(9-13(2)20(12)19(27)11-26)18-7-6-16-21(14(18)3)25(15-4-5-15)10-17(22(16)28)23(29)30/h6-7,10,12-13,15,19-20,26-27H,4-5,8-9,11H2,1-3H3,(H,29,30). The molecule has 0 bridgehead atoms. The van der Waals surface area contributed by atoms with Crippen molar-refractivity contribution < 1.29 is 20.1 Å². The summed E-state index contributed by atoms with van der Waals surface area (Å²) in [6, 6.07) is 3.92. The van der Waals surface area contributed by atoms with Crippen LogP contribution in [0.1, 0.15) is 48.7 Å². The number of anilines is 1. The quantitative estimate of drug-likeness (QED) is 0.694. The van der Waals surface area contributed by atoms with Gasteiger partial charge in [0.1, 0.15) is 5.56 Å². The second kappa shape index (κ2) is 7.71. The van der Waals surface area contributed by atoms with Gasteiger partial charge in [0.15, 0.2) is 0 Å². The number of nitrogens with zero attached hydrogens (tertiary/aromatic N) is 2. The van der Waals surface area contributed by atoms with E-state index < -0.39 is 17.5 Å². The monoisotopic (exact) mass is 414 g/mol. The number of piperidine rings is 1. The lowest BCUT2D eigenvalue weighted by molar-refractivity contribution is -0.00359. The average Bonchev–Trinajstić information content (AvgIpc) is 3.52. The largest absolute Gasteiger partial charge is 0.477 e. The molecule has 2 heterocycles. The molecule has 7 nitrogen and oxygen atoms in total. The van der Waals surface area contributed by atoms with Crippen LogP contribution < -0.4 is 10.3 Å². The summed E-state index contributed by atoms with van der Waals surface area (Å²) in [7, 11) is 0. The molecule has 0 spiro atoms. The summed E-state index contributed by atoms with van der Waals surface area (Å²) in [6.07, 6.45) is 2.76. The number of carboxylic acids is 1. The summed E-state index contributed by atoms with van der Waals surface area (Å²) in [4.78, 5) is 26.7. The predicted octanol–water partition coefficient (Wildman–Crippen LogP) is 2.40. The topological polar surface area (TPSA) is 103 Å².